The highest BCUT2D eigenvalue weighted by Crippen LogP contribution is 2.10. The van der Waals surface area contributed by atoms with Crippen LogP contribution in [0.4, 0.5) is 0 Å². The SMILES string of the molecule is CCCCCCCCCCCC(=O)N[C@@H](CC(=O)O)C(N)=O. The number of primary amides is 1. The molecule has 0 saturated heterocycles. The smallest absolute Gasteiger partial charge is 0.305 e. The number of carboxylic acids is 1. The van der Waals surface area contributed by atoms with Crippen LogP contribution in [0.1, 0.15) is 77.6 Å². The number of carbonyl (C=O) groups is 3. The maximum absolute atomic E-state index is 11.6. The summed E-state index contributed by atoms with van der Waals surface area (Å²) >= 11 is 0. The van der Waals surface area contributed by atoms with Crippen molar-refractivity contribution in [3.05, 3.63) is 0 Å². The molecule has 0 saturated carbocycles. The van der Waals surface area contributed by atoms with Gasteiger partial charge in [-0.3, -0.25) is 14.4 Å². The maximum Gasteiger partial charge on any atom is 0.305 e. The molecule has 0 bridgehead atoms. The van der Waals surface area contributed by atoms with Gasteiger partial charge in [0.05, 0.1) is 6.42 Å². The molecule has 4 N–H and O–H groups in total. The molecule has 0 aromatic heterocycles. The van der Waals surface area contributed by atoms with E-state index in [1.807, 2.05) is 0 Å². The van der Waals surface area contributed by atoms with Crippen LogP contribution in [0.2, 0.25) is 0 Å². The van der Waals surface area contributed by atoms with Gasteiger partial charge in [-0.2, -0.15) is 0 Å². The van der Waals surface area contributed by atoms with Crippen molar-refractivity contribution in [2.75, 3.05) is 0 Å². The topological polar surface area (TPSA) is 109 Å². The molecule has 2 amide bonds. The monoisotopic (exact) mass is 314 g/mol. The predicted molar refractivity (Wildman–Crippen MR) is 85.2 cm³/mol. The predicted octanol–water partition coefficient (Wildman–Crippen LogP) is 2.35. The number of hydrogen-bond donors (Lipinski definition) is 3. The number of unbranched alkanes of at least 4 members (excludes halogenated alkanes) is 8. The van der Waals surface area contributed by atoms with Crippen LogP contribution in [0.5, 0.6) is 0 Å². The highest BCUT2D eigenvalue weighted by atomic mass is 16.4. The van der Waals surface area contributed by atoms with Crippen LogP contribution in [0, 0.1) is 0 Å². The summed E-state index contributed by atoms with van der Waals surface area (Å²) in [5, 5.41) is 11.0. The Labute approximate surface area is 132 Å². The lowest BCUT2D eigenvalue weighted by Gasteiger charge is -2.13. The first-order valence-electron chi connectivity index (χ1n) is 8.27. The fourth-order valence-electron chi connectivity index (χ4n) is 2.26. The second-order valence-electron chi connectivity index (χ2n) is 5.70. The van der Waals surface area contributed by atoms with Crippen LogP contribution >= 0.6 is 0 Å². The lowest BCUT2D eigenvalue weighted by Crippen LogP contribution is -2.45. The molecule has 0 aliphatic rings. The van der Waals surface area contributed by atoms with Crippen LogP contribution in [0.25, 0.3) is 0 Å². The fraction of sp³-hybridized carbons (Fsp3) is 0.812. The number of carbonyl (C=O) groups excluding carboxylic acids is 2. The molecule has 6 nitrogen and oxygen atoms in total. The molecule has 0 fully saturated rings. The zero-order valence-corrected chi connectivity index (χ0v) is 13.6. The summed E-state index contributed by atoms with van der Waals surface area (Å²) in [7, 11) is 0. The summed E-state index contributed by atoms with van der Waals surface area (Å²) in [6, 6.07) is -1.12. The van der Waals surface area contributed by atoms with Crippen LogP contribution in [-0.4, -0.2) is 28.9 Å². The van der Waals surface area contributed by atoms with Gasteiger partial charge in [0.15, 0.2) is 0 Å². The average molecular weight is 314 g/mol. The van der Waals surface area contributed by atoms with Crippen molar-refractivity contribution in [2.45, 2.75) is 83.6 Å². The summed E-state index contributed by atoms with van der Waals surface area (Å²) in [5.41, 5.74) is 5.06. The van der Waals surface area contributed by atoms with Gasteiger partial charge in [-0.1, -0.05) is 58.3 Å². The molecule has 0 rings (SSSR count). The number of amides is 2. The first-order chi connectivity index (χ1) is 10.5. The molecule has 22 heavy (non-hydrogen) atoms. The first kappa shape index (κ1) is 20.4. The Morgan fingerprint density at radius 2 is 1.45 bits per heavy atom. The van der Waals surface area contributed by atoms with Crippen LogP contribution in [0.15, 0.2) is 0 Å². The van der Waals surface area contributed by atoms with Gasteiger partial charge in [-0.05, 0) is 6.42 Å². The zero-order valence-electron chi connectivity index (χ0n) is 13.6. The van der Waals surface area contributed by atoms with Gasteiger partial charge >= 0.3 is 5.97 Å². The summed E-state index contributed by atoms with van der Waals surface area (Å²) in [6.45, 7) is 2.20. The average Bonchev–Trinajstić information content (AvgIpc) is 2.44. The van der Waals surface area contributed by atoms with Crippen molar-refractivity contribution in [1.82, 2.24) is 5.32 Å². The van der Waals surface area contributed by atoms with Gasteiger partial charge in [0.25, 0.3) is 0 Å². The summed E-state index contributed by atoms with van der Waals surface area (Å²) in [6.07, 6.45) is 10.2. The van der Waals surface area contributed by atoms with E-state index in [1.165, 1.54) is 38.5 Å². The number of rotatable bonds is 14. The van der Waals surface area contributed by atoms with E-state index in [0.717, 1.165) is 19.3 Å². The standard InChI is InChI=1S/C16H30N2O4/c1-2-3-4-5-6-7-8-9-10-11-14(19)18-13(16(17)22)12-15(20)21/h13H,2-12H2,1H3,(H2,17,22)(H,18,19)(H,20,21)/t13-/m0/s1. The van der Waals surface area contributed by atoms with Gasteiger partial charge in [0.2, 0.25) is 11.8 Å². The van der Waals surface area contributed by atoms with Crippen LogP contribution in [0.3, 0.4) is 0 Å². The number of nitrogens with two attached hydrogens (primary N) is 1. The van der Waals surface area contributed by atoms with E-state index in [9.17, 15) is 14.4 Å². The van der Waals surface area contributed by atoms with Gasteiger partial charge < -0.3 is 16.2 Å². The summed E-state index contributed by atoms with van der Waals surface area (Å²) in [4.78, 5) is 33.2. The summed E-state index contributed by atoms with van der Waals surface area (Å²) < 4.78 is 0. The third-order valence-corrected chi connectivity index (χ3v) is 3.56. The van der Waals surface area contributed by atoms with Crippen LogP contribution < -0.4 is 11.1 Å². The van der Waals surface area contributed by atoms with E-state index >= 15 is 0 Å². The molecule has 0 radical (unpaired) electrons. The Morgan fingerprint density at radius 1 is 0.955 bits per heavy atom. The Morgan fingerprint density at radius 3 is 1.91 bits per heavy atom. The van der Waals surface area contributed by atoms with Crippen molar-refractivity contribution in [2.24, 2.45) is 5.73 Å². The molecule has 0 aromatic rings. The molecular weight excluding hydrogens is 284 g/mol. The first-order valence-corrected chi connectivity index (χ1v) is 8.27. The minimum absolute atomic E-state index is 0.305. The molecule has 0 aliphatic carbocycles. The molecule has 0 spiro atoms. The highest BCUT2D eigenvalue weighted by molar-refractivity contribution is 5.89. The fourth-order valence-corrected chi connectivity index (χ4v) is 2.26. The van der Waals surface area contributed by atoms with E-state index in [4.69, 9.17) is 10.8 Å². The zero-order chi connectivity index (χ0) is 16.8. The Hall–Kier alpha value is -1.59. The van der Waals surface area contributed by atoms with E-state index < -0.39 is 24.3 Å². The molecular formula is C16H30N2O4. The number of carboxylic acid groups (broad SMARTS) is 1. The summed E-state index contributed by atoms with van der Waals surface area (Å²) in [5.74, 6) is -2.29. The second kappa shape index (κ2) is 13.1. The lowest BCUT2D eigenvalue weighted by molar-refractivity contribution is -0.140. The minimum Gasteiger partial charge on any atom is -0.481 e. The largest absolute Gasteiger partial charge is 0.481 e. The van der Waals surface area contributed by atoms with Crippen molar-refractivity contribution in [3.63, 3.8) is 0 Å². The Bertz CT molecular complexity index is 345. The molecule has 0 aromatic carbocycles. The molecule has 0 aliphatic heterocycles. The molecule has 0 heterocycles. The lowest BCUT2D eigenvalue weighted by atomic mass is 10.1. The third kappa shape index (κ3) is 12.2. The van der Waals surface area contributed by atoms with Gasteiger partial charge in [-0.15, -0.1) is 0 Å². The third-order valence-electron chi connectivity index (χ3n) is 3.56. The second-order valence-corrected chi connectivity index (χ2v) is 5.70. The van der Waals surface area contributed by atoms with E-state index in [1.54, 1.807) is 0 Å². The van der Waals surface area contributed by atoms with E-state index in [0.29, 0.717) is 6.42 Å². The van der Waals surface area contributed by atoms with Gasteiger partial charge in [0, 0.05) is 6.42 Å². The van der Waals surface area contributed by atoms with Crippen molar-refractivity contribution in [1.29, 1.82) is 0 Å². The van der Waals surface area contributed by atoms with Crippen molar-refractivity contribution < 1.29 is 19.5 Å². The molecule has 0 unspecified atom stereocenters. The highest BCUT2D eigenvalue weighted by Gasteiger charge is 2.20. The quantitative estimate of drug-likeness (QED) is 0.427. The van der Waals surface area contributed by atoms with E-state index in [-0.39, 0.29) is 5.91 Å². The van der Waals surface area contributed by atoms with Crippen molar-refractivity contribution >= 4 is 17.8 Å². The minimum atomic E-state index is -1.16. The maximum atomic E-state index is 11.6. The number of hydrogen-bond acceptors (Lipinski definition) is 3. The number of nitrogens with one attached hydrogen (secondary N) is 1. The van der Waals surface area contributed by atoms with E-state index in [2.05, 4.69) is 12.2 Å². The Kier molecular flexibility index (Phi) is 12.2. The van der Waals surface area contributed by atoms with Gasteiger partial charge in [0.1, 0.15) is 6.04 Å². The molecule has 6 heteroatoms. The van der Waals surface area contributed by atoms with Gasteiger partial charge in [-0.25, -0.2) is 0 Å². The number of aliphatic carboxylic acids is 1. The molecule has 1 atom stereocenters. The van der Waals surface area contributed by atoms with Crippen LogP contribution in [-0.2, 0) is 14.4 Å². The van der Waals surface area contributed by atoms with Crippen molar-refractivity contribution in [3.8, 4) is 0 Å². The molecule has 128 valence electrons. The Balaban J connectivity index is 3.63. The normalized spacial score (nSPS) is 11.9.